The van der Waals surface area contributed by atoms with Crippen LogP contribution in [-0.4, -0.2) is 16.5 Å². The number of fused-ring (bicyclic) bond motifs is 1. The first kappa shape index (κ1) is 10.2. The van der Waals surface area contributed by atoms with Gasteiger partial charge >= 0.3 is 0 Å². The average Bonchev–Trinajstić information content (AvgIpc) is 2.59. The fraction of sp³-hybridized carbons (Fsp3) is 0.417. The van der Waals surface area contributed by atoms with E-state index in [4.69, 9.17) is 5.73 Å². The fourth-order valence-corrected chi connectivity index (χ4v) is 1.95. The van der Waals surface area contributed by atoms with Crippen LogP contribution in [0.15, 0.2) is 18.2 Å². The van der Waals surface area contributed by atoms with Crippen LogP contribution in [0, 0.1) is 6.92 Å². The van der Waals surface area contributed by atoms with Crippen molar-refractivity contribution in [3.05, 3.63) is 29.6 Å². The molecule has 3 heteroatoms. The molecule has 0 aliphatic carbocycles. The highest BCUT2D eigenvalue weighted by Gasteiger charge is 2.08. The van der Waals surface area contributed by atoms with Gasteiger partial charge in [-0.25, -0.2) is 4.98 Å². The lowest BCUT2D eigenvalue weighted by Crippen LogP contribution is -2.11. The van der Waals surface area contributed by atoms with Crippen LogP contribution in [0.1, 0.15) is 30.7 Å². The van der Waals surface area contributed by atoms with Crippen molar-refractivity contribution in [1.29, 1.82) is 0 Å². The largest absolute Gasteiger partial charge is 0.342 e. The monoisotopic (exact) mass is 203 g/mol. The van der Waals surface area contributed by atoms with Crippen molar-refractivity contribution in [2.45, 2.75) is 26.2 Å². The molecule has 1 unspecified atom stereocenters. The molecule has 80 valence electrons. The lowest BCUT2D eigenvalue weighted by molar-refractivity contribution is 0.675. The van der Waals surface area contributed by atoms with Crippen LogP contribution < -0.4 is 5.73 Å². The van der Waals surface area contributed by atoms with Crippen LogP contribution in [-0.2, 0) is 0 Å². The minimum atomic E-state index is 0.456. The van der Waals surface area contributed by atoms with Gasteiger partial charge in [0.2, 0.25) is 0 Å². The molecule has 0 bridgehead atoms. The molecule has 0 saturated carbocycles. The summed E-state index contributed by atoms with van der Waals surface area (Å²) in [4.78, 5) is 7.63. The summed E-state index contributed by atoms with van der Waals surface area (Å²) in [7, 11) is 0. The Labute approximate surface area is 89.7 Å². The molecule has 0 radical (unpaired) electrons. The molecule has 2 aromatic rings. The van der Waals surface area contributed by atoms with Gasteiger partial charge in [0.25, 0.3) is 0 Å². The van der Waals surface area contributed by atoms with E-state index in [0.29, 0.717) is 12.5 Å². The molecular formula is C12H17N3. The van der Waals surface area contributed by atoms with Gasteiger partial charge in [0, 0.05) is 0 Å². The first-order valence-electron chi connectivity index (χ1n) is 5.41. The highest BCUT2D eigenvalue weighted by molar-refractivity contribution is 5.76. The Morgan fingerprint density at radius 2 is 2.27 bits per heavy atom. The summed E-state index contributed by atoms with van der Waals surface area (Å²) in [6.07, 6.45) is 1.08. The molecule has 1 aromatic heterocycles. The van der Waals surface area contributed by atoms with Gasteiger partial charge in [0.1, 0.15) is 5.82 Å². The van der Waals surface area contributed by atoms with Gasteiger partial charge in [0.15, 0.2) is 0 Å². The number of imidazole rings is 1. The molecular weight excluding hydrogens is 186 g/mol. The molecule has 2 rings (SSSR count). The summed E-state index contributed by atoms with van der Waals surface area (Å²) in [6.45, 7) is 4.84. The Morgan fingerprint density at radius 3 is 2.93 bits per heavy atom. The molecule has 1 atom stereocenters. The van der Waals surface area contributed by atoms with Crippen molar-refractivity contribution in [3.63, 3.8) is 0 Å². The molecule has 1 aromatic carbocycles. The summed E-state index contributed by atoms with van der Waals surface area (Å²) >= 11 is 0. The van der Waals surface area contributed by atoms with Crippen molar-refractivity contribution < 1.29 is 0 Å². The third-order valence-corrected chi connectivity index (χ3v) is 2.87. The average molecular weight is 203 g/mol. The van der Waals surface area contributed by atoms with Gasteiger partial charge < -0.3 is 10.7 Å². The first-order valence-corrected chi connectivity index (χ1v) is 5.41. The number of hydrogen-bond acceptors (Lipinski definition) is 2. The van der Waals surface area contributed by atoms with Gasteiger partial charge in [-0.2, -0.15) is 0 Å². The quantitative estimate of drug-likeness (QED) is 0.804. The van der Waals surface area contributed by atoms with E-state index in [1.807, 2.05) is 6.92 Å². The number of aryl methyl sites for hydroxylation is 1. The number of nitrogens with zero attached hydrogens (tertiary/aromatic N) is 1. The van der Waals surface area contributed by atoms with Crippen molar-refractivity contribution in [2.24, 2.45) is 5.73 Å². The van der Waals surface area contributed by atoms with Crippen molar-refractivity contribution >= 4 is 11.0 Å². The van der Waals surface area contributed by atoms with Crippen molar-refractivity contribution in [3.8, 4) is 0 Å². The summed E-state index contributed by atoms with van der Waals surface area (Å²) < 4.78 is 0. The van der Waals surface area contributed by atoms with E-state index in [0.717, 1.165) is 23.3 Å². The molecule has 3 N–H and O–H groups in total. The Kier molecular flexibility index (Phi) is 2.73. The number of H-pyrrole nitrogens is 1. The highest BCUT2D eigenvalue weighted by Crippen LogP contribution is 2.22. The molecule has 0 aliphatic heterocycles. The zero-order chi connectivity index (χ0) is 10.8. The van der Waals surface area contributed by atoms with E-state index in [9.17, 15) is 0 Å². The molecule has 0 saturated heterocycles. The molecule has 0 aliphatic rings. The van der Waals surface area contributed by atoms with E-state index < -0.39 is 0 Å². The highest BCUT2D eigenvalue weighted by atomic mass is 14.9. The summed E-state index contributed by atoms with van der Waals surface area (Å²) in [5, 5.41) is 0. The Morgan fingerprint density at radius 1 is 1.47 bits per heavy atom. The van der Waals surface area contributed by atoms with Crippen LogP contribution in [0.25, 0.3) is 11.0 Å². The summed E-state index contributed by atoms with van der Waals surface area (Å²) in [5.74, 6) is 1.42. The number of aromatic nitrogens is 2. The predicted octanol–water partition coefficient (Wildman–Crippen LogP) is 2.32. The van der Waals surface area contributed by atoms with Gasteiger partial charge in [-0.15, -0.1) is 0 Å². The van der Waals surface area contributed by atoms with Crippen LogP contribution in [0.3, 0.4) is 0 Å². The number of nitrogens with two attached hydrogens (primary N) is 1. The minimum Gasteiger partial charge on any atom is -0.342 e. The second kappa shape index (κ2) is 4.03. The first-order chi connectivity index (χ1) is 7.24. The molecule has 0 fully saturated rings. The van der Waals surface area contributed by atoms with Crippen LogP contribution >= 0.6 is 0 Å². The normalized spacial score (nSPS) is 13.3. The zero-order valence-electron chi connectivity index (χ0n) is 9.25. The summed E-state index contributed by atoms with van der Waals surface area (Å²) in [6, 6.07) is 6.35. The van der Waals surface area contributed by atoms with Gasteiger partial charge in [-0.05, 0) is 43.5 Å². The van der Waals surface area contributed by atoms with E-state index in [2.05, 4.69) is 35.1 Å². The van der Waals surface area contributed by atoms with Gasteiger partial charge in [-0.3, -0.25) is 0 Å². The minimum absolute atomic E-state index is 0.456. The maximum Gasteiger partial charge on any atom is 0.104 e. The Balaban J connectivity index is 2.45. The second-order valence-electron chi connectivity index (χ2n) is 3.94. The van der Waals surface area contributed by atoms with Crippen LogP contribution in [0.4, 0.5) is 0 Å². The number of rotatable bonds is 3. The molecule has 3 nitrogen and oxygen atoms in total. The number of aromatic amines is 1. The molecule has 1 heterocycles. The second-order valence-corrected chi connectivity index (χ2v) is 3.94. The topological polar surface area (TPSA) is 54.7 Å². The molecule has 0 amide bonds. The molecule has 0 spiro atoms. The smallest absolute Gasteiger partial charge is 0.104 e. The lowest BCUT2D eigenvalue weighted by Gasteiger charge is -2.11. The zero-order valence-corrected chi connectivity index (χ0v) is 9.25. The van der Waals surface area contributed by atoms with Gasteiger partial charge in [0.05, 0.1) is 11.0 Å². The summed E-state index contributed by atoms with van der Waals surface area (Å²) in [5.41, 5.74) is 9.18. The number of benzene rings is 1. The Hall–Kier alpha value is -1.35. The van der Waals surface area contributed by atoms with E-state index >= 15 is 0 Å². The SMILES string of the molecule is CCC(CN)c1ccc2nc(C)[nH]c2c1. The maximum atomic E-state index is 5.74. The van der Waals surface area contributed by atoms with Crippen molar-refractivity contribution in [1.82, 2.24) is 9.97 Å². The van der Waals surface area contributed by atoms with Crippen LogP contribution in [0.5, 0.6) is 0 Å². The lowest BCUT2D eigenvalue weighted by atomic mass is 9.96. The van der Waals surface area contributed by atoms with Crippen molar-refractivity contribution in [2.75, 3.05) is 6.54 Å². The van der Waals surface area contributed by atoms with Crippen LogP contribution in [0.2, 0.25) is 0 Å². The predicted molar refractivity (Wildman–Crippen MR) is 62.9 cm³/mol. The fourth-order valence-electron chi connectivity index (χ4n) is 1.95. The number of nitrogens with one attached hydrogen (secondary N) is 1. The third kappa shape index (κ3) is 1.88. The molecule has 15 heavy (non-hydrogen) atoms. The standard InChI is InChI=1S/C12H17N3/c1-3-9(7-13)10-4-5-11-12(6-10)15-8(2)14-11/h4-6,9H,3,7,13H2,1-2H3,(H,14,15). The number of hydrogen-bond donors (Lipinski definition) is 2. The van der Waals surface area contributed by atoms with E-state index in [-0.39, 0.29) is 0 Å². The maximum absolute atomic E-state index is 5.74. The van der Waals surface area contributed by atoms with E-state index in [1.54, 1.807) is 0 Å². The Bertz CT molecular complexity index is 455. The van der Waals surface area contributed by atoms with E-state index in [1.165, 1.54) is 5.56 Å². The third-order valence-electron chi connectivity index (χ3n) is 2.87. The van der Waals surface area contributed by atoms with Gasteiger partial charge in [-0.1, -0.05) is 13.0 Å².